The van der Waals surface area contributed by atoms with Crippen molar-refractivity contribution in [3.8, 4) is 0 Å². The highest BCUT2D eigenvalue weighted by Gasteiger charge is 2.30. The first-order valence-corrected chi connectivity index (χ1v) is 7.26. The average Bonchev–Trinajstić information content (AvgIpc) is 2.76. The Morgan fingerprint density at radius 3 is 2.89 bits per heavy atom. The molecule has 1 atom stereocenters. The molecule has 1 aromatic carbocycles. The molecule has 1 aromatic rings. The Hall–Kier alpha value is -1.13. The second-order valence-electron chi connectivity index (χ2n) is 5.58. The molecule has 3 rings (SSSR count). The highest BCUT2D eigenvalue weighted by Crippen LogP contribution is 2.29. The van der Waals surface area contributed by atoms with Crippen LogP contribution in [0.25, 0.3) is 0 Å². The van der Waals surface area contributed by atoms with Crippen molar-refractivity contribution in [2.75, 3.05) is 31.1 Å². The monoisotopic (exact) mass is 263 g/mol. The lowest BCUT2D eigenvalue weighted by Crippen LogP contribution is -2.37. The number of para-hydroxylation sites is 1. The van der Waals surface area contributed by atoms with Crippen molar-refractivity contribution < 1.29 is 4.39 Å². The molecule has 0 aliphatic carbocycles. The number of rotatable bonds is 2. The van der Waals surface area contributed by atoms with Crippen LogP contribution in [0.5, 0.6) is 0 Å². The highest BCUT2D eigenvalue weighted by atomic mass is 19.1. The number of hydrogen-bond acceptors (Lipinski definition) is 3. The van der Waals surface area contributed by atoms with Crippen molar-refractivity contribution >= 4 is 5.69 Å². The highest BCUT2D eigenvalue weighted by molar-refractivity contribution is 5.55. The molecule has 0 saturated carbocycles. The van der Waals surface area contributed by atoms with E-state index in [9.17, 15) is 4.39 Å². The SMILES string of the molecule is NCc1cccc(F)c1N1CCCN2CCCC2C1. The molecule has 2 heterocycles. The Labute approximate surface area is 114 Å². The topological polar surface area (TPSA) is 32.5 Å². The molecule has 0 aromatic heterocycles. The van der Waals surface area contributed by atoms with E-state index in [1.807, 2.05) is 6.07 Å². The lowest BCUT2D eigenvalue weighted by atomic mass is 10.1. The summed E-state index contributed by atoms with van der Waals surface area (Å²) < 4.78 is 14.2. The number of nitrogens with zero attached hydrogens (tertiary/aromatic N) is 2. The molecule has 1 unspecified atom stereocenters. The summed E-state index contributed by atoms with van der Waals surface area (Å²) in [5.41, 5.74) is 7.43. The zero-order chi connectivity index (χ0) is 13.2. The number of nitrogens with two attached hydrogens (primary N) is 1. The molecule has 2 aliphatic rings. The molecule has 2 fully saturated rings. The molecule has 0 amide bonds. The van der Waals surface area contributed by atoms with Gasteiger partial charge in [-0.2, -0.15) is 0 Å². The van der Waals surface area contributed by atoms with Crippen LogP contribution in [0.15, 0.2) is 18.2 Å². The summed E-state index contributed by atoms with van der Waals surface area (Å²) in [6, 6.07) is 5.83. The molecule has 3 nitrogen and oxygen atoms in total. The van der Waals surface area contributed by atoms with Crippen molar-refractivity contribution in [1.82, 2.24) is 4.90 Å². The molecule has 19 heavy (non-hydrogen) atoms. The fraction of sp³-hybridized carbons (Fsp3) is 0.600. The van der Waals surface area contributed by atoms with Gasteiger partial charge in [0, 0.05) is 32.2 Å². The molecule has 4 heteroatoms. The van der Waals surface area contributed by atoms with Gasteiger partial charge in [-0.15, -0.1) is 0 Å². The Morgan fingerprint density at radius 1 is 1.21 bits per heavy atom. The van der Waals surface area contributed by atoms with Gasteiger partial charge in [-0.1, -0.05) is 12.1 Å². The van der Waals surface area contributed by atoms with Gasteiger partial charge >= 0.3 is 0 Å². The van der Waals surface area contributed by atoms with E-state index in [2.05, 4.69) is 9.80 Å². The minimum atomic E-state index is -0.130. The second-order valence-corrected chi connectivity index (χ2v) is 5.58. The first-order chi connectivity index (χ1) is 9.29. The first kappa shape index (κ1) is 12.9. The van der Waals surface area contributed by atoms with Crippen LogP contribution in [0.2, 0.25) is 0 Å². The number of benzene rings is 1. The van der Waals surface area contributed by atoms with E-state index in [4.69, 9.17) is 5.73 Å². The molecule has 2 N–H and O–H groups in total. The van der Waals surface area contributed by atoms with Gasteiger partial charge in [0.15, 0.2) is 0 Å². The predicted octanol–water partition coefficient (Wildman–Crippen LogP) is 1.96. The zero-order valence-corrected chi connectivity index (χ0v) is 11.3. The van der Waals surface area contributed by atoms with Crippen molar-refractivity contribution in [3.63, 3.8) is 0 Å². The van der Waals surface area contributed by atoms with E-state index < -0.39 is 0 Å². The summed E-state index contributed by atoms with van der Waals surface area (Å²) in [6.45, 7) is 4.62. The summed E-state index contributed by atoms with van der Waals surface area (Å²) >= 11 is 0. The molecule has 2 saturated heterocycles. The molecule has 2 aliphatic heterocycles. The van der Waals surface area contributed by atoms with Gasteiger partial charge in [-0.25, -0.2) is 4.39 Å². The Morgan fingerprint density at radius 2 is 2.05 bits per heavy atom. The van der Waals surface area contributed by atoms with Gasteiger partial charge < -0.3 is 10.6 Å². The third-order valence-corrected chi connectivity index (χ3v) is 4.41. The third kappa shape index (κ3) is 2.47. The van der Waals surface area contributed by atoms with Crippen molar-refractivity contribution in [3.05, 3.63) is 29.6 Å². The van der Waals surface area contributed by atoms with Crippen LogP contribution in [0.1, 0.15) is 24.8 Å². The first-order valence-electron chi connectivity index (χ1n) is 7.26. The third-order valence-electron chi connectivity index (χ3n) is 4.41. The summed E-state index contributed by atoms with van der Waals surface area (Å²) in [6.07, 6.45) is 3.62. The Kier molecular flexibility index (Phi) is 3.71. The molecule has 0 bridgehead atoms. The van der Waals surface area contributed by atoms with E-state index in [0.29, 0.717) is 12.6 Å². The smallest absolute Gasteiger partial charge is 0.146 e. The molecular weight excluding hydrogens is 241 g/mol. The van der Waals surface area contributed by atoms with E-state index in [1.165, 1.54) is 19.4 Å². The second kappa shape index (κ2) is 5.47. The lowest BCUT2D eigenvalue weighted by molar-refractivity contribution is 0.273. The van der Waals surface area contributed by atoms with Gasteiger partial charge in [0.25, 0.3) is 0 Å². The Balaban J connectivity index is 1.88. The van der Waals surface area contributed by atoms with Crippen LogP contribution >= 0.6 is 0 Å². The minimum Gasteiger partial charge on any atom is -0.367 e. The fourth-order valence-corrected chi connectivity index (χ4v) is 3.49. The number of anilines is 1. The van der Waals surface area contributed by atoms with E-state index in [-0.39, 0.29) is 5.82 Å². The average molecular weight is 263 g/mol. The van der Waals surface area contributed by atoms with Crippen LogP contribution in [0.4, 0.5) is 10.1 Å². The van der Waals surface area contributed by atoms with Gasteiger partial charge in [0.05, 0.1) is 5.69 Å². The molecular formula is C15H22FN3. The zero-order valence-electron chi connectivity index (χ0n) is 11.3. The largest absolute Gasteiger partial charge is 0.367 e. The number of hydrogen-bond donors (Lipinski definition) is 1. The predicted molar refractivity (Wildman–Crippen MR) is 75.7 cm³/mol. The maximum atomic E-state index is 14.2. The van der Waals surface area contributed by atoms with Crippen molar-refractivity contribution in [2.45, 2.75) is 31.8 Å². The van der Waals surface area contributed by atoms with E-state index in [0.717, 1.165) is 37.3 Å². The fourth-order valence-electron chi connectivity index (χ4n) is 3.49. The number of halogens is 1. The van der Waals surface area contributed by atoms with Gasteiger partial charge in [-0.05, 0) is 37.4 Å². The van der Waals surface area contributed by atoms with Crippen LogP contribution in [0, 0.1) is 5.82 Å². The quantitative estimate of drug-likeness (QED) is 0.885. The summed E-state index contributed by atoms with van der Waals surface area (Å²) in [4.78, 5) is 4.77. The van der Waals surface area contributed by atoms with Crippen LogP contribution in [-0.2, 0) is 6.54 Å². The summed E-state index contributed by atoms with van der Waals surface area (Å²) in [7, 11) is 0. The van der Waals surface area contributed by atoms with E-state index in [1.54, 1.807) is 12.1 Å². The van der Waals surface area contributed by atoms with Gasteiger partial charge in [-0.3, -0.25) is 4.90 Å². The molecule has 0 spiro atoms. The number of fused-ring (bicyclic) bond motifs is 1. The van der Waals surface area contributed by atoms with Crippen LogP contribution < -0.4 is 10.6 Å². The van der Waals surface area contributed by atoms with E-state index >= 15 is 0 Å². The molecule has 104 valence electrons. The van der Waals surface area contributed by atoms with Crippen molar-refractivity contribution in [2.24, 2.45) is 5.73 Å². The minimum absolute atomic E-state index is 0.130. The molecule has 0 radical (unpaired) electrons. The maximum Gasteiger partial charge on any atom is 0.146 e. The van der Waals surface area contributed by atoms with Crippen LogP contribution in [0.3, 0.4) is 0 Å². The Bertz CT molecular complexity index is 449. The lowest BCUT2D eigenvalue weighted by Gasteiger charge is -2.29. The normalized spacial score (nSPS) is 24.3. The van der Waals surface area contributed by atoms with Crippen molar-refractivity contribution in [1.29, 1.82) is 0 Å². The standard InChI is InChI=1S/C15H22FN3/c16-14-6-1-4-12(10-17)15(14)19-9-3-8-18-7-2-5-13(18)11-19/h1,4,6,13H,2-3,5,7-11,17H2. The van der Waals surface area contributed by atoms with Gasteiger partial charge in [0.1, 0.15) is 5.82 Å². The summed E-state index contributed by atoms with van der Waals surface area (Å²) in [5, 5.41) is 0. The summed E-state index contributed by atoms with van der Waals surface area (Å²) in [5.74, 6) is -0.130. The maximum absolute atomic E-state index is 14.2. The van der Waals surface area contributed by atoms with Crippen LogP contribution in [-0.4, -0.2) is 37.1 Å². The van der Waals surface area contributed by atoms with Gasteiger partial charge in [0.2, 0.25) is 0 Å².